The zero-order chi connectivity index (χ0) is 11.3. The first-order valence-corrected chi connectivity index (χ1v) is 5.48. The van der Waals surface area contributed by atoms with Crippen LogP contribution in [0.1, 0.15) is 30.0 Å². The molecule has 0 saturated carbocycles. The molecule has 1 aromatic rings. The second-order valence-corrected chi connectivity index (χ2v) is 3.81. The number of hydrogen-bond donors (Lipinski definition) is 1. The minimum absolute atomic E-state index is 0.138. The van der Waals surface area contributed by atoms with E-state index in [4.69, 9.17) is 5.73 Å². The Bertz CT molecular complexity index is 344. The van der Waals surface area contributed by atoms with E-state index in [-0.39, 0.29) is 12.3 Å². The summed E-state index contributed by atoms with van der Waals surface area (Å²) in [6.07, 6.45) is 2.41. The zero-order valence-electron chi connectivity index (χ0n) is 9.55. The van der Waals surface area contributed by atoms with Crippen LogP contribution >= 0.6 is 0 Å². The molecule has 0 fully saturated rings. The van der Waals surface area contributed by atoms with Crippen molar-refractivity contribution < 1.29 is 4.79 Å². The van der Waals surface area contributed by atoms with Crippen molar-refractivity contribution in [1.29, 1.82) is 0 Å². The van der Waals surface area contributed by atoms with Crippen molar-refractivity contribution >= 4 is 5.78 Å². The van der Waals surface area contributed by atoms with Gasteiger partial charge in [-0.05, 0) is 36.5 Å². The topological polar surface area (TPSA) is 43.1 Å². The van der Waals surface area contributed by atoms with Crippen LogP contribution in [0, 0.1) is 6.92 Å². The number of carbonyl (C=O) groups excluding carboxylic acids is 1. The molecule has 0 heterocycles. The minimum Gasteiger partial charge on any atom is -0.324 e. The highest BCUT2D eigenvalue weighted by molar-refractivity contribution is 5.80. The summed E-state index contributed by atoms with van der Waals surface area (Å²) in [6, 6.07) is 6.28. The summed E-state index contributed by atoms with van der Waals surface area (Å²) >= 11 is 0. The van der Waals surface area contributed by atoms with Crippen molar-refractivity contribution in [1.82, 2.24) is 0 Å². The van der Waals surface area contributed by atoms with Crippen LogP contribution in [0.3, 0.4) is 0 Å². The van der Waals surface area contributed by atoms with E-state index in [1.54, 1.807) is 0 Å². The Morgan fingerprint density at radius 1 is 1.40 bits per heavy atom. The lowest BCUT2D eigenvalue weighted by atomic mass is 9.96. The SMILES string of the molecule is CCc1c(C)cccc1CCC(=O)CN. The fraction of sp³-hybridized carbons (Fsp3) is 0.462. The van der Waals surface area contributed by atoms with Crippen LogP contribution in [-0.2, 0) is 17.6 Å². The van der Waals surface area contributed by atoms with Gasteiger partial charge < -0.3 is 5.73 Å². The Morgan fingerprint density at radius 2 is 2.13 bits per heavy atom. The second-order valence-electron chi connectivity index (χ2n) is 3.81. The third kappa shape index (κ3) is 3.17. The fourth-order valence-electron chi connectivity index (χ4n) is 1.88. The molecule has 0 atom stereocenters. The van der Waals surface area contributed by atoms with Crippen molar-refractivity contribution in [3.8, 4) is 0 Å². The number of carbonyl (C=O) groups is 1. The molecule has 0 spiro atoms. The maximum Gasteiger partial charge on any atom is 0.146 e. The monoisotopic (exact) mass is 205 g/mol. The molecule has 0 unspecified atom stereocenters. The van der Waals surface area contributed by atoms with Crippen molar-refractivity contribution in [3.63, 3.8) is 0 Å². The quantitative estimate of drug-likeness (QED) is 0.799. The molecule has 0 aromatic heterocycles. The van der Waals surface area contributed by atoms with Crippen LogP contribution in [0.2, 0.25) is 0 Å². The molecule has 0 aliphatic heterocycles. The van der Waals surface area contributed by atoms with Crippen LogP contribution in [0.25, 0.3) is 0 Å². The summed E-state index contributed by atoms with van der Waals surface area (Å²) in [4.78, 5) is 11.1. The number of Topliss-reactive ketones (excluding diaryl/α,β-unsaturated/α-hetero) is 1. The normalized spacial score (nSPS) is 10.3. The number of aryl methyl sites for hydroxylation is 2. The molecule has 0 aliphatic rings. The van der Waals surface area contributed by atoms with Crippen molar-refractivity contribution in [2.45, 2.75) is 33.1 Å². The van der Waals surface area contributed by atoms with Gasteiger partial charge in [0.2, 0.25) is 0 Å². The van der Waals surface area contributed by atoms with Gasteiger partial charge in [0.1, 0.15) is 5.78 Å². The molecule has 2 nitrogen and oxygen atoms in total. The van der Waals surface area contributed by atoms with E-state index < -0.39 is 0 Å². The summed E-state index contributed by atoms with van der Waals surface area (Å²) in [6.45, 7) is 4.43. The van der Waals surface area contributed by atoms with Crippen LogP contribution in [-0.4, -0.2) is 12.3 Å². The van der Waals surface area contributed by atoms with E-state index in [1.165, 1.54) is 16.7 Å². The van der Waals surface area contributed by atoms with Crippen LogP contribution in [0.5, 0.6) is 0 Å². The van der Waals surface area contributed by atoms with Crippen LogP contribution in [0.15, 0.2) is 18.2 Å². The molecule has 2 N–H and O–H groups in total. The lowest BCUT2D eigenvalue weighted by Gasteiger charge is -2.10. The van der Waals surface area contributed by atoms with Gasteiger partial charge >= 0.3 is 0 Å². The van der Waals surface area contributed by atoms with Crippen LogP contribution in [0.4, 0.5) is 0 Å². The number of rotatable bonds is 5. The first kappa shape index (κ1) is 11.9. The molecule has 0 saturated heterocycles. The van der Waals surface area contributed by atoms with Gasteiger partial charge in [-0.15, -0.1) is 0 Å². The standard InChI is InChI=1S/C13H19NO/c1-3-13-10(2)5-4-6-11(13)7-8-12(15)9-14/h4-6H,3,7-9,14H2,1-2H3. The molecule has 0 amide bonds. The lowest BCUT2D eigenvalue weighted by Crippen LogP contribution is -2.14. The third-order valence-corrected chi connectivity index (χ3v) is 2.76. The van der Waals surface area contributed by atoms with Crippen LogP contribution < -0.4 is 5.73 Å². The van der Waals surface area contributed by atoms with Crippen molar-refractivity contribution in [3.05, 3.63) is 34.9 Å². The van der Waals surface area contributed by atoms with Gasteiger partial charge in [0, 0.05) is 6.42 Å². The fourth-order valence-corrected chi connectivity index (χ4v) is 1.88. The van der Waals surface area contributed by atoms with Gasteiger partial charge in [0.25, 0.3) is 0 Å². The third-order valence-electron chi connectivity index (χ3n) is 2.76. The van der Waals surface area contributed by atoms with E-state index in [0.717, 1.165) is 12.8 Å². The Hall–Kier alpha value is -1.15. The second kappa shape index (κ2) is 5.66. The molecule has 2 heteroatoms. The average molecular weight is 205 g/mol. The largest absolute Gasteiger partial charge is 0.324 e. The van der Waals surface area contributed by atoms with E-state index in [0.29, 0.717) is 6.42 Å². The average Bonchev–Trinajstić information content (AvgIpc) is 2.25. The molecule has 15 heavy (non-hydrogen) atoms. The van der Waals surface area contributed by atoms with E-state index >= 15 is 0 Å². The lowest BCUT2D eigenvalue weighted by molar-refractivity contribution is -0.117. The van der Waals surface area contributed by atoms with Crippen molar-refractivity contribution in [2.24, 2.45) is 5.73 Å². The summed E-state index contributed by atoms with van der Waals surface area (Å²) < 4.78 is 0. The summed E-state index contributed by atoms with van der Waals surface area (Å²) in [5.74, 6) is 0.138. The van der Waals surface area contributed by atoms with E-state index in [9.17, 15) is 4.79 Å². The highest BCUT2D eigenvalue weighted by atomic mass is 16.1. The summed E-state index contributed by atoms with van der Waals surface area (Å²) in [7, 11) is 0. The predicted octanol–water partition coefficient (Wildman–Crippen LogP) is 2.02. The van der Waals surface area contributed by atoms with Crippen molar-refractivity contribution in [2.75, 3.05) is 6.54 Å². The summed E-state index contributed by atoms with van der Waals surface area (Å²) in [5, 5.41) is 0. The Labute approximate surface area is 91.5 Å². The number of hydrogen-bond acceptors (Lipinski definition) is 2. The Balaban J connectivity index is 2.76. The molecule has 0 bridgehead atoms. The minimum atomic E-state index is 0.138. The Kier molecular flexibility index (Phi) is 4.50. The Morgan fingerprint density at radius 3 is 2.73 bits per heavy atom. The number of ketones is 1. The molecular formula is C13H19NO. The number of benzene rings is 1. The molecule has 0 radical (unpaired) electrons. The van der Waals surface area contributed by atoms with Gasteiger partial charge in [0.15, 0.2) is 0 Å². The molecule has 0 aliphatic carbocycles. The molecule has 82 valence electrons. The zero-order valence-corrected chi connectivity index (χ0v) is 9.55. The summed E-state index contributed by atoms with van der Waals surface area (Å²) in [5.41, 5.74) is 9.27. The number of nitrogens with two attached hydrogens (primary N) is 1. The maximum atomic E-state index is 11.1. The molecule has 1 rings (SSSR count). The smallest absolute Gasteiger partial charge is 0.146 e. The maximum absolute atomic E-state index is 11.1. The first-order chi connectivity index (χ1) is 7.19. The van der Waals surface area contributed by atoms with E-state index in [2.05, 4.69) is 32.0 Å². The van der Waals surface area contributed by atoms with Gasteiger partial charge in [-0.3, -0.25) is 4.79 Å². The molecule has 1 aromatic carbocycles. The van der Waals surface area contributed by atoms with Gasteiger partial charge in [-0.25, -0.2) is 0 Å². The molecular weight excluding hydrogens is 186 g/mol. The van der Waals surface area contributed by atoms with Gasteiger partial charge in [-0.2, -0.15) is 0 Å². The highest BCUT2D eigenvalue weighted by Crippen LogP contribution is 2.16. The first-order valence-electron chi connectivity index (χ1n) is 5.48. The highest BCUT2D eigenvalue weighted by Gasteiger charge is 2.05. The van der Waals surface area contributed by atoms with Gasteiger partial charge in [-0.1, -0.05) is 25.1 Å². The predicted molar refractivity (Wildman–Crippen MR) is 62.9 cm³/mol. The van der Waals surface area contributed by atoms with Gasteiger partial charge in [0.05, 0.1) is 6.54 Å². The van der Waals surface area contributed by atoms with E-state index in [1.807, 2.05) is 0 Å².